The molecule has 0 saturated carbocycles. The van der Waals surface area contributed by atoms with Crippen LogP contribution in [-0.4, -0.2) is 57.8 Å². The van der Waals surface area contributed by atoms with Crippen molar-refractivity contribution in [2.75, 3.05) is 19.8 Å². The van der Waals surface area contributed by atoms with Crippen LogP contribution in [0.4, 0.5) is 0 Å². The molecule has 1 aromatic rings. The number of benzene rings is 1. The molecule has 0 amide bonds. The molecule has 0 aliphatic heterocycles. The zero-order chi connectivity index (χ0) is 17.7. The van der Waals surface area contributed by atoms with E-state index in [9.17, 15) is 14.7 Å². The van der Waals surface area contributed by atoms with Crippen molar-refractivity contribution in [1.82, 2.24) is 0 Å². The number of carboxylic acid groups (broad SMARTS) is 2. The molecule has 7 heteroatoms. The Hall–Kier alpha value is -1.96. The van der Waals surface area contributed by atoms with Gasteiger partial charge in [0.25, 0.3) is 0 Å². The Balaban J connectivity index is 0.000000515. The summed E-state index contributed by atoms with van der Waals surface area (Å²) in [7, 11) is 0. The lowest BCUT2D eigenvalue weighted by Gasteiger charge is -2.23. The smallest absolute Gasteiger partial charge is 0.303 e. The predicted molar refractivity (Wildman–Crippen MR) is 83.2 cm³/mol. The molecule has 1 rings (SSSR count). The second kappa shape index (κ2) is 11.6. The van der Waals surface area contributed by atoms with Crippen LogP contribution >= 0.6 is 0 Å². The lowest BCUT2D eigenvalue weighted by molar-refractivity contribution is -0.143. The molecule has 1 unspecified atom stereocenters. The van der Waals surface area contributed by atoms with Gasteiger partial charge in [-0.2, -0.15) is 0 Å². The summed E-state index contributed by atoms with van der Waals surface area (Å²) in [4.78, 5) is 19.3. The fraction of sp³-hybridized carbons (Fsp3) is 0.500. The molecule has 7 nitrogen and oxygen atoms in total. The van der Waals surface area contributed by atoms with Gasteiger partial charge in [-0.05, 0) is 12.5 Å². The zero-order valence-corrected chi connectivity index (χ0v) is 13.1. The van der Waals surface area contributed by atoms with Crippen molar-refractivity contribution < 1.29 is 34.8 Å². The Bertz CT molecular complexity index is 443. The van der Waals surface area contributed by atoms with Gasteiger partial charge in [0.2, 0.25) is 0 Å². The molecule has 0 bridgehead atoms. The van der Waals surface area contributed by atoms with Gasteiger partial charge in [0, 0.05) is 6.42 Å². The maximum Gasteiger partial charge on any atom is 0.303 e. The van der Waals surface area contributed by atoms with E-state index in [1.54, 1.807) is 6.92 Å². The first kappa shape index (κ1) is 21.0. The van der Waals surface area contributed by atoms with Gasteiger partial charge < -0.3 is 25.2 Å². The Morgan fingerprint density at radius 3 is 2.04 bits per heavy atom. The quantitative estimate of drug-likeness (QED) is 0.497. The molecule has 0 saturated heterocycles. The highest BCUT2D eigenvalue weighted by Gasteiger charge is 2.20. The molecule has 1 aromatic carbocycles. The number of carbonyl (C=O) groups is 2. The molecule has 1 atom stereocenters. The Morgan fingerprint density at radius 2 is 1.61 bits per heavy atom. The lowest BCUT2D eigenvalue weighted by atomic mass is 9.97. The Kier molecular flexibility index (Phi) is 10.6. The molecule has 23 heavy (non-hydrogen) atoms. The Labute approximate surface area is 135 Å². The van der Waals surface area contributed by atoms with Crippen molar-refractivity contribution in [3.63, 3.8) is 0 Å². The summed E-state index contributed by atoms with van der Waals surface area (Å²) in [6.07, 6.45) is -0.0378. The van der Waals surface area contributed by atoms with E-state index in [0.717, 1.165) is 5.56 Å². The van der Waals surface area contributed by atoms with Gasteiger partial charge in [0.1, 0.15) is 0 Å². The van der Waals surface area contributed by atoms with E-state index in [4.69, 9.17) is 20.1 Å². The number of aliphatic hydroxyl groups is 2. The topological polar surface area (TPSA) is 124 Å². The summed E-state index contributed by atoms with van der Waals surface area (Å²) in [5, 5.41) is 34.3. The van der Waals surface area contributed by atoms with Crippen molar-refractivity contribution in [3.8, 4) is 0 Å². The van der Waals surface area contributed by atoms with Crippen molar-refractivity contribution in [1.29, 1.82) is 0 Å². The Morgan fingerprint density at radius 1 is 1.09 bits per heavy atom. The standard InChI is InChI=1S/C12H18O3.C4H6O4/c1-12(14,10-15-8-7-13)9-11-5-3-2-4-6-11;5-3(6)1-2-4(7)8/h2-6,13-14H,7-10H2,1H3;1-2H2,(H,5,6)(H,7,8). The van der Waals surface area contributed by atoms with Gasteiger partial charge in [-0.15, -0.1) is 0 Å². The summed E-state index contributed by atoms with van der Waals surface area (Å²) in [6, 6.07) is 9.78. The van der Waals surface area contributed by atoms with E-state index >= 15 is 0 Å². The zero-order valence-electron chi connectivity index (χ0n) is 13.1. The number of ether oxygens (including phenoxy) is 1. The van der Waals surface area contributed by atoms with Gasteiger partial charge >= 0.3 is 11.9 Å². The second-order valence-electron chi connectivity index (χ2n) is 5.22. The first-order chi connectivity index (χ1) is 10.8. The number of aliphatic carboxylic acids is 2. The van der Waals surface area contributed by atoms with Crippen LogP contribution in [0.3, 0.4) is 0 Å². The third kappa shape index (κ3) is 13.4. The van der Waals surface area contributed by atoms with Crippen molar-refractivity contribution >= 4 is 11.9 Å². The minimum absolute atomic E-state index is 0.0125. The number of aliphatic hydroxyl groups excluding tert-OH is 1. The van der Waals surface area contributed by atoms with E-state index in [-0.39, 0.29) is 32.7 Å². The molecule has 0 fully saturated rings. The van der Waals surface area contributed by atoms with Crippen LogP contribution in [0.2, 0.25) is 0 Å². The summed E-state index contributed by atoms with van der Waals surface area (Å²) in [6.45, 7) is 2.23. The van der Waals surface area contributed by atoms with E-state index in [1.807, 2.05) is 30.3 Å². The fourth-order valence-corrected chi connectivity index (χ4v) is 1.66. The van der Waals surface area contributed by atoms with Crippen LogP contribution in [0.1, 0.15) is 25.3 Å². The molecule has 0 spiro atoms. The molecule has 130 valence electrons. The monoisotopic (exact) mass is 328 g/mol. The first-order valence-electron chi connectivity index (χ1n) is 7.15. The number of carboxylic acids is 2. The molecule has 0 heterocycles. The van der Waals surface area contributed by atoms with Crippen molar-refractivity contribution in [2.24, 2.45) is 0 Å². The maximum atomic E-state index is 9.99. The van der Waals surface area contributed by atoms with Crippen LogP contribution in [0.5, 0.6) is 0 Å². The summed E-state index contributed by atoms with van der Waals surface area (Å²) < 4.78 is 5.12. The number of hydrogen-bond acceptors (Lipinski definition) is 5. The summed E-state index contributed by atoms with van der Waals surface area (Å²) in [5.74, 6) is -2.15. The van der Waals surface area contributed by atoms with Crippen LogP contribution in [0.15, 0.2) is 30.3 Å². The fourth-order valence-electron chi connectivity index (χ4n) is 1.66. The minimum atomic E-state index is -1.08. The van der Waals surface area contributed by atoms with Gasteiger partial charge in [-0.1, -0.05) is 30.3 Å². The van der Waals surface area contributed by atoms with E-state index in [2.05, 4.69) is 0 Å². The summed E-state index contributed by atoms with van der Waals surface area (Å²) in [5.41, 5.74) is 0.200. The summed E-state index contributed by atoms with van der Waals surface area (Å²) >= 11 is 0. The SMILES string of the molecule is CC(O)(COCCO)Cc1ccccc1.O=C(O)CCC(=O)O. The van der Waals surface area contributed by atoms with Crippen LogP contribution < -0.4 is 0 Å². The molecular weight excluding hydrogens is 304 g/mol. The van der Waals surface area contributed by atoms with Gasteiger partial charge in [0.05, 0.1) is 38.3 Å². The van der Waals surface area contributed by atoms with Crippen LogP contribution in [0.25, 0.3) is 0 Å². The van der Waals surface area contributed by atoms with Crippen LogP contribution in [0, 0.1) is 0 Å². The first-order valence-corrected chi connectivity index (χ1v) is 7.15. The van der Waals surface area contributed by atoms with Crippen molar-refractivity contribution in [3.05, 3.63) is 35.9 Å². The van der Waals surface area contributed by atoms with Crippen molar-refractivity contribution in [2.45, 2.75) is 31.8 Å². The normalized spacial score (nSPS) is 12.7. The van der Waals surface area contributed by atoms with E-state index < -0.39 is 17.5 Å². The highest BCUT2D eigenvalue weighted by molar-refractivity contribution is 5.75. The lowest BCUT2D eigenvalue weighted by Crippen LogP contribution is -2.33. The third-order valence-electron chi connectivity index (χ3n) is 2.63. The van der Waals surface area contributed by atoms with Gasteiger partial charge in [0.15, 0.2) is 0 Å². The predicted octanol–water partition coefficient (Wildman–Crippen LogP) is 0.925. The highest BCUT2D eigenvalue weighted by Crippen LogP contribution is 2.13. The third-order valence-corrected chi connectivity index (χ3v) is 2.63. The molecular formula is C16H24O7. The minimum Gasteiger partial charge on any atom is -0.481 e. The average Bonchev–Trinajstić information content (AvgIpc) is 2.46. The van der Waals surface area contributed by atoms with E-state index in [1.165, 1.54) is 0 Å². The van der Waals surface area contributed by atoms with Gasteiger partial charge in [-0.3, -0.25) is 9.59 Å². The molecule has 0 aliphatic carbocycles. The molecule has 0 aliphatic rings. The molecule has 0 radical (unpaired) electrons. The van der Waals surface area contributed by atoms with E-state index in [0.29, 0.717) is 6.42 Å². The molecule has 4 N–H and O–H groups in total. The number of hydrogen-bond donors (Lipinski definition) is 4. The molecule has 0 aromatic heterocycles. The van der Waals surface area contributed by atoms with Crippen LogP contribution in [-0.2, 0) is 20.7 Å². The highest BCUT2D eigenvalue weighted by atomic mass is 16.5. The number of rotatable bonds is 9. The largest absolute Gasteiger partial charge is 0.481 e. The second-order valence-corrected chi connectivity index (χ2v) is 5.22. The average molecular weight is 328 g/mol. The maximum absolute atomic E-state index is 9.99. The van der Waals surface area contributed by atoms with Gasteiger partial charge in [-0.25, -0.2) is 0 Å².